The standard InChI is InChI=1S/C18H18ClNO5/c1-24-18(23)12-8-9-14(15(21)11-12)20-17(22)7-4-10-25-16-6-3-2-5-13(16)19/h2-3,5-6,8-9,11,21H,4,7,10H2,1H3,(H,20,22). The van der Waals surface area contributed by atoms with E-state index in [9.17, 15) is 14.7 Å². The zero-order chi connectivity index (χ0) is 18.2. The van der Waals surface area contributed by atoms with Crippen LogP contribution in [0.1, 0.15) is 23.2 Å². The third-order valence-electron chi connectivity index (χ3n) is 3.34. The zero-order valence-electron chi connectivity index (χ0n) is 13.6. The molecule has 2 rings (SSSR count). The Balaban J connectivity index is 1.80. The van der Waals surface area contributed by atoms with Gasteiger partial charge < -0.3 is 19.9 Å². The van der Waals surface area contributed by atoms with Crippen molar-refractivity contribution in [1.29, 1.82) is 0 Å². The molecule has 1 amide bonds. The molecule has 0 aliphatic carbocycles. The average molecular weight is 364 g/mol. The molecular formula is C18H18ClNO5. The number of carbonyl (C=O) groups is 2. The van der Waals surface area contributed by atoms with Crippen LogP contribution in [-0.4, -0.2) is 30.7 Å². The quantitative estimate of drug-likeness (QED) is 0.446. The van der Waals surface area contributed by atoms with Gasteiger partial charge in [0, 0.05) is 6.42 Å². The summed E-state index contributed by atoms with van der Waals surface area (Å²) in [4.78, 5) is 23.3. The summed E-state index contributed by atoms with van der Waals surface area (Å²) in [5.74, 6) is -0.474. The van der Waals surface area contributed by atoms with E-state index in [0.29, 0.717) is 23.8 Å². The van der Waals surface area contributed by atoms with Crippen LogP contribution in [0.15, 0.2) is 42.5 Å². The van der Waals surface area contributed by atoms with Gasteiger partial charge in [-0.1, -0.05) is 23.7 Å². The number of esters is 1. The molecule has 0 aliphatic heterocycles. The van der Waals surface area contributed by atoms with Crippen molar-refractivity contribution >= 4 is 29.2 Å². The Kier molecular flexibility index (Phi) is 6.65. The highest BCUT2D eigenvalue weighted by atomic mass is 35.5. The first-order chi connectivity index (χ1) is 12.0. The molecule has 0 unspecified atom stereocenters. The van der Waals surface area contributed by atoms with Gasteiger partial charge in [-0.15, -0.1) is 0 Å². The summed E-state index contributed by atoms with van der Waals surface area (Å²) in [6, 6.07) is 11.2. The van der Waals surface area contributed by atoms with E-state index >= 15 is 0 Å². The molecule has 0 heterocycles. The molecule has 0 fully saturated rings. The maximum Gasteiger partial charge on any atom is 0.337 e. The third kappa shape index (κ3) is 5.39. The Hall–Kier alpha value is -2.73. The van der Waals surface area contributed by atoms with Crippen LogP contribution in [0.4, 0.5) is 5.69 Å². The first-order valence-electron chi connectivity index (χ1n) is 7.59. The molecule has 0 bridgehead atoms. The van der Waals surface area contributed by atoms with Gasteiger partial charge in [-0.25, -0.2) is 4.79 Å². The number of anilines is 1. The molecule has 0 atom stereocenters. The molecule has 2 N–H and O–H groups in total. The molecule has 132 valence electrons. The number of phenolic OH excluding ortho intramolecular Hbond substituents is 1. The maximum absolute atomic E-state index is 11.9. The highest BCUT2D eigenvalue weighted by molar-refractivity contribution is 6.32. The number of benzene rings is 2. The maximum atomic E-state index is 11.9. The summed E-state index contributed by atoms with van der Waals surface area (Å²) in [6.45, 7) is 0.338. The largest absolute Gasteiger partial charge is 0.506 e. The number of nitrogens with one attached hydrogen (secondary N) is 1. The summed E-state index contributed by atoms with van der Waals surface area (Å²) in [6.07, 6.45) is 0.695. The monoisotopic (exact) mass is 363 g/mol. The van der Waals surface area contributed by atoms with Crippen molar-refractivity contribution in [3.05, 3.63) is 53.1 Å². The van der Waals surface area contributed by atoms with Gasteiger partial charge in [0.15, 0.2) is 0 Å². The average Bonchev–Trinajstić information content (AvgIpc) is 2.61. The smallest absolute Gasteiger partial charge is 0.337 e. The summed E-state index contributed by atoms with van der Waals surface area (Å²) in [7, 11) is 1.25. The number of aromatic hydroxyl groups is 1. The van der Waals surface area contributed by atoms with Crippen molar-refractivity contribution in [3.8, 4) is 11.5 Å². The highest BCUT2D eigenvalue weighted by Crippen LogP contribution is 2.25. The van der Waals surface area contributed by atoms with E-state index in [2.05, 4.69) is 10.1 Å². The second-order valence-corrected chi connectivity index (χ2v) is 5.56. The van der Waals surface area contributed by atoms with E-state index in [1.54, 1.807) is 18.2 Å². The fourth-order valence-electron chi connectivity index (χ4n) is 2.07. The first-order valence-corrected chi connectivity index (χ1v) is 7.97. The Morgan fingerprint density at radius 3 is 2.64 bits per heavy atom. The molecular weight excluding hydrogens is 346 g/mol. The number of rotatable bonds is 7. The van der Waals surface area contributed by atoms with E-state index in [4.69, 9.17) is 16.3 Å². The lowest BCUT2D eigenvalue weighted by Crippen LogP contribution is -2.13. The van der Waals surface area contributed by atoms with Gasteiger partial charge in [-0.2, -0.15) is 0 Å². The van der Waals surface area contributed by atoms with E-state index in [1.165, 1.54) is 25.3 Å². The van der Waals surface area contributed by atoms with Crippen LogP contribution in [0, 0.1) is 0 Å². The molecule has 0 aromatic heterocycles. The SMILES string of the molecule is COC(=O)c1ccc(NC(=O)CCCOc2ccccc2Cl)c(O)c1. The molecule has 0 saturated heterocycles. The van der Waals surface area contributed by atoms with Gasteiger partial charge in [-0.3, -0.25) is 4.79 Å². The number of hydrogen-bond donors (Lipinski definition) is 2. The number of ether oxygens (including phenoxy) is 2. The summed E-state index contributed by atoms with van der Waals surface area (Å²) in [5, 5.41) is 13.0. The van der Waals surface area contributed by atoms with Crippen LogP contribution >= 0.6 is 11.6 Å². The number of halogens is 1. The van der Waals surface area contributed by atoms with Crippen LogP contribution < -0.4 is 10.1 Å². The Morgan fingerprint density at radius 1 is 1.20 bits per heavy atom. The van der Waals surface area contributed by atoms with E-state index < -0.39 is 5.97 Å². The zero-order valence-corrected chi connectivity index (χ0v) is 14.4. The molecule has 0 spiro atoms. The van der Waals surface area contributed by atoms with E-state index in [0.717, 1.165) is 0 Å². The van der Waals surface area contributed by atoms with Gasteiger partial charge in [-0.05, 0) is 36.8 Å². The second-order valence-electron chi connectivity index (χ2n) is 5.15. The lowest BCUT2D eigenvalue weighted by atomic mass is 10.2. The number of carbonyl (C=O) groups excluding carboxylic acids is 2. The van der Waals surface area contributed by atoms with Crippen LogP contribution in [0.3, 0.4) is 0 Å². The Labute approximate surface area is 150 Å². The van der Waals surface area contributed by atoms with Crippen molar-refractivity contribution in [2.75, 3.05) is 19.0 Å². The van der Waals surface area contributed by atoms with Crippen molar-refractivity contribution in [2.45, 2.75) is 12.8 Å². The predicted molar refractivity (Wildman–Crippen MR) is 94.3 cm³/mol. The molecule has 0 saturated carbocycles. The second kappa shape index (κ2) is 8.94. The summed E-state index contributed by atoms with van der Waals surface area (Å²) in [5.41, 5.74) is 0.427. The molecule has 6 nitrogen and oxygen atoms in total. The van der Waals surface area contributed by atoms with Crippen molar-refractivity contribution < 1.29 is 24.2 Å². The van der Waals surface area contributed by atoms with Crippen LogP contribution in [0.5, 0.6) is 11.5 Å². The van der Waals surface area contributed by atoms with E-state index in [1.807, 2.05) is 6.07 Å². The molecule has 2 aromatic rings. The molecule has 7 heteroatoms. The first kappa shape index (κ1) is 18.6. The number of hydrogen-bond acceptors (Lipinski definition) is 5. The fraction of sp³-hybridized carbons (Fsp3) is 0.222. The van der Waals surface area contributed by atoms with Crippen LogP contribution in [0.2, 0.25) is 5.02 Å². The number of phenols is 1. The minimum Gasteiger partial charge on any atom is -0.506 e. The minimum absolute atomic E-state index is 0.200. The highest BCUT2D eigenvalue weighted by Gasteiger charge is 2.11. The van der Waals surface area contributed by atoms with Crippen LogP contribution in [0.25, 0.3) is 0 Å². The van der Waals surface area contributed by atoms with Gasteiger partial charge in [0.1, 0.15) is 11.5 Å². The Morgan fingerprint density at radius 2 is 1.96 bits per heavy atom. The van der Waals surface area contributed by atoms with Crippen molar-refractivity contribution in [1.82, 2.24) is 0 Å². The van der Waals surface area contributed by atoms with E-state index in [-0.39, 0.29) is 29.3 Å². The van der Waals surface area contributed by atoms with Gasteiger partial charge in [0.2, 0.25) is 5.91 Å². The number of amides is 1. The third-order valence-corrected chi connectivity index (χ3v) is 3.65. The topological polar surface area (TPSA) is 84.9 Å². The van der Waals surface area contributed by atoms with Gasteiger partial charge >= 0.3 is 5.97 Å². The fourth-order valence-corrected chi connectivity index (χ4v) is 2.26. The van der Waals surface area contributed by atoms with Crippen molar-refractivity contribution in [3.63, 3.8) is 0 Å². The van der Waals surface area contributed by atoms with Gasteiger partial charge in [0.25, 0.3) is 0 Å². The molecule has 0 radical (unpaired) electrons. The normalized spacial score (nSPS) is 10.2. The number of methoxy groups -OCH3 is 1. The predicted octanol–water partition coefficient (Wildman–Crippen LogP) is 3.63. The minimum atomic E-state index is -0.565. The lowest BCUT2D eigenvalue weighted by molar-refractivity contribution is -0.116. The van der Waals surface area contributed by atoms with Gasteiger partial charge in [0.05, 0.1) is 30.0 Å². The number of para-hydroxylation sites is 1. The molecule has 2 aromatic carbocycles. The summed E-state index contributed by atoms with van der Waals surface area (Å²) >= 11 is 5.97. The molecule has 25 heavy (non-hydrogen) atoms. The van der Waals surface area contributed by atoms with Crippen LogP contribution in [-0.2, 0) is 9.53 Å². The van der Waals surface area contributed by atoms with Crippen molar-refractivity contribution in [2.24, 2.45) is 0 Å². The summed E-state index contributed by atoms with van der Waals surface area (Å²) < 4.78 is 10.1. The Bertz CT molecular complexity index is 763. The lowest BCUT2D eigenvalue weighted by Gasteiger charge is -2.10. The molecule has 0 aliphatic rings.